The fraction of sp³-hybridized carbons (Fsp3) is 0.545. The Balaban J connectivity index is 3.17. The molecule has 0 unspecified atom stereocenters. The van der Waals surface area contributed by atoms with Gasteiger partial charge in [0.15, 0.2) is 0 Å². The summed E-state index contributed by atoms with van der Waals surface area (Å²) in [4.78, 5) is 23.8. The maximum absolute atomic E-state index is 11.9. The normalized spacial score (nSPS) is 18.2. The van der Waals surface area contributed by atoms with Gasteiger partial charge >= 0.3 is 0 Å². The zero-order valence-electron chi connectivity index (χ0n) is 9.96. The highest BCUT2D eigenvalue weighted by Crippen LogP contribution is 2.38. The smallest absolute Gasteiger partial charge is 0.235 e. The van der Waals surface area contributed by atoms with Crippen LogP contribution in [-0.2, 0) is 9.59 Å². The van der Waals surface area contributed by atoms with Gasteiger partial charge in [-0.25, -0.2) is 0 Å². The van der Waals surface area contributed by atoms with E-state index in [2.05, 4.69) is 10.6 Å². The molecular weight excluding hydrogens is 220 g/mol. The predicted octanol–water partition coefficient (Wildman–Crippen LogP) is -0.615. The minimum Gasteiger partial charge on any atom is -0.401 e. The largest absolute Gasteiger partial charge is 0.401 e. The van der Waals surface area contributed by atoms with Crippen molar-refractivity contribution in [1.29, 1.82) is 5.26 Å². The highest BCUT2D eigenvalue weighted by Gasteiger charge is 2.47. The summed E-state index contributed by atoms with van der Waals surface area (Å²) >= 11 is 0. The number of hydrogen-bond acceptors (Lipinski definition) is 4. The number of carbonyl (C=O) groups excluding carboxylic acids is 2. The molecule has 2 amide bonds. The molecule has 17 heavy (non-hydrogen) atoms. The summed E-state index contributed by atoms with van der Waals surface area (Å²) in [7, 11) is 2.95. The summed E-state index contributed by atoms with van der Waals surface area (Å²) in [5.74, 6) is -0.755. The Labute approximate surface area is 99.8 Å². The quantitative estimate of drug-likeness (QED) is 0.555. The molecule has 1 aliphatic rings. The van der Waals surface area contributed by atoms with Crippen molar-refractivity contribution in [2.24, 2.45) is 11.1 Å². The Morgan fingerprint density at radius 2 is 1.88 bits per heavy atom. The van der Waals surface area contributed by atoms with Crippen LogP contribution in [0, 0.1) is 16.7 Å². The Morgan fingerprint density at radius 1 is 1.35 bits per heavy atom. The summed E-state index contributed by atoms with van der Waals surface area (Å²) in [6.45, 7) is 0. The Hall–Kier alpha value is -2.03. The Morgan fingerprint density at radius 3 is 2.29 bits per heavy atom. The average molecular weight is 236 g/mol. The van der Waals surface area contributed by atoms with Crippen molar-refractivity contribution in [3.05, 3.63) is 11.3 Å². The highest BCUT2D eigenvalue weighted by atomic mass is 16.2. The van der Waals surface area contributed by atoms with Crippen molar-refractivity contribution < 1.29 is 9.59 Å². The van der Waals surface area contributed by atoms with Gasteiger partial charge in [0, 0.05) is 31.8 Å². The van der Waals surface area contributed by atoms with Gasteiger partial charge in [0.2, 0.25) is 11.8 Å². The molecule has 0 spiro atoms. The topological polar surface area (TPSA) is 108 Å². The van der Waals surface area contributed by atoms with E-state index in [4.69, 9.17) is 11.0 Å². The van der Waals surface area contributed by atoms with Gasteiger partial charge < -0.3 is 16.4 Å². The van der Waals surface area contributed by atoms with E-state index in [9.17, 15) is 9.59 Å². The van der Waals surface area contributed by atoms with Gasteiger partial charge in [-0.3, -0.25) is 9.59 Å². The lowest BCUT2D eigenvalue weighted by Crippen LogP contribution is -2.51. The molecule has 0 aliphatic heterocycles. The van der Waals surface area contributed by atoms with E-state index in [0.29, 0.717) is 24.1 Å². The van der Waals surface area contributed by atoms with Crippen molar-refractivity contribution in [2.45, 2.75) is 19.3 Å². The second-order valence-corrected chi connectivity index (χ2v) is 4.03. The number of carbonyl (C=O) groups is 2. The molecule has 0 aromatic heterocycles. The van der Waals surface area contributed by atoms with Crippen LogP contribution >= 0.6 is 0 Å². The fourth-order valence-electron chi connectivity index (χ4n) is 2.08. The minimum atomic E-state index is -1.21. The van der Waals surface area contributed by atoms with Gasteiger partial charge in [-0.1, -0.05) is 0 Å². The first kappa shape index (κ1) is 13.0. The Bertz CT molecular complexity index is 404. The van der Waals surface area contributed by atoms with Crippen molar-refractivity contribution in [3.63, 3.8) is 0 Å². The lowest BCUT2D eigenvalue weighted by atomic mass is 9.71. The lowest BCUT2D eigenvalue weighted by molar-refractivity contribution is -0.143. The molecular formula is C11H16N4O2. The molecule has 92 valence electrons. The number of hydrogen-bond donors (Lipinski definition) is 3. The van der Waals surface area contributed by atoms with Crippen molar-refractivity contribution in [3.8, 4) is 6.07 Å². The molecule has 1 rings (SSSR count). The molecule has 0 radical (unpaired) electrons. The number of nitriles is 1. The zero-order chi connectivity index (χ0) is 13.1. The molecule has 6 heteroatoms. The maximum atomic E-state index is 11.9. The SMILES string of the molecule is CNC(=O)C1(C(=O)NC)CCC(N)=C(C#N)C1. The molecule has 4 N–H and O–H groups in total. The van der Waals surface area contributed by atoms with Gasteiger partial charge in [-0.15, -0.1) is 0 Å². The number of allylic oxidation sites excluding steroid dienone is 2. The van der Waals surface area contributed by atoms with E-state index in [-0.39, 0.29) is 18.2 Å². The van der Waals surface area contributed by atoms with Crippen LogP contribution in [0.2, 0.25) is 0 Å². The molecule has 0 saturated heterocycles. The Kier molecular flexibility index (Phi) is 3.73. The van der Waals surface area contributed by atoms with Crippen LogP contribution in [0.3, 0.4) is 0 Å². The predicted molar refractivity (Wildman–Crippen MR) is 61.2 cm³/mol. The monoisotopic (exact) mass is 236 g/mol. The van der Waals surface area contributed by atoms with Crippen molar-refractivity contribution >= 4 is 11.8 Å². The number of nitrogens with one attached hydrogen (secondary N) is 2. The van der Waals surface area contributed by atoms with Crippen molar-refractivity contribution in [1.82, 2.24) is 10.6 Å². The van der Waals surface area contributed by atoms with Gasteiger partial charge in [0.05, 0.1) is 6.07 Å². The van der Waals surface area contributed by atoms with Crippen molar-refractivity contribution in [2.75, 3.05) is 14.1 Å². The fourth-order valence-corrected chi connectivity index (χ4v) is 2.08. The molecule has 0 fully saturated rings. The molecule has 0 aromatic rings. The van der Waals surface area contributed by atoms with Gasteiger partial charge in [-0.2, -0.15) is 5.26 Å². The van der Waals surface area contributed by atoms with E-state index >= 15 is 0 Å². The summed E-state index contributed by atoms with van der Waals surface area (Å²) < 4.78 is 0. The third-order valence-electron chi connectivity index (χ3n) is 3.15. The number of nitrogens with two attached hydrogens (primary N) is 1. The number of amides is 2. The van der Waals surface area contributed by atoms with Crippen LogP contribution in [0.1, 0.15) is 19.3 Å². The molecule has 1 aliphatic carbocycles. The first-order valence-electron chi connectivity index (χ1n) is 5.33. The summed E-state index contributed by atoms with van der Waals surface area (Å²) in [5, 5.41) is 13.9. The second-order valence-electron chi connectivity index (χ2n) is 4.03. The van der Waals surface area contributed by atoms with E-state index in [1.54, 1.807) is 0 Å². The number of rotatable bonds is 2. The van der Waals surface area contributed by atoms with Crippen LogP contribution in [0.25, 0.3) is 0 Å². The third kappa shape index (κ3) is 2.09. The average Bonchev–Trinajstić information content (AvgIpc) is 2.37. The highest BCUT2D eigenvalue weighted by molar-refractivity contribution is 6.05. The van der Waals surface area contributed by atoms with E-state index in [1.165, 1.54) is 14.1 Å². The number of nitrogens with zero attached hydrogens (tertiary/aromatic N) is 1. The van der Waals surface area contributed by atoms with Crippen LogP contribution in [0.5, 0.6) is 0 Å². The van der Waals surface area contributed by atoms with Crippen LogP contribution < -0.4 is 16.4 Å². The van der Waals surface area contributed by atoms with Gasteiger partial charge in [0.25, 0.3) is 0 Å². The van der Waals surface area contributed by atoms with E-state index in [1.807, 2.05) is 6.07 Å². The standard InChI is InChI=1S/C11H16N4O2/c1-14-9(16)11(10(17)15-2)4-3-8(13)7(5-11)6-12/h3-5,13H2,1-2H3,(H,14,16)(H,15,17). The first-order valence-corrected chi connectivity index (χ1v) is 5.33. The van der Waals surface area contributed by atoms with Crippen LogP contribution in [0.15, 0.2) is 11.3 Å². The van der Waals surface area contributed by atoms with Crippen LogP contribution in [-0.4, -0.2) is 25.9 Å². The second kappa shape index (κ2) is 4.87. The van der Waals surface area contributed by atoms with E-state index in [0.717, 1.165) is 0 Å². The molecule has 0 bridgehead atoms. The van der Waals surface area contributed by atoms with Gasteiger partial charge in [-0.05, 0) is 12.8 Å². The minimum absolute atomic E-state index is 0.0642. The third-order valence-corrected chi connectivity index (χ3v) is 3.15. The summed E-state index contributed by atoms with van der Waals surface area (Å²) in [6, 6.07) is 1.96. The van der Waals surface area contributed by atoms with Crippen LogP contribution in [0.4, 0.5) is 0 Å². The summed E-state index contributed by atoms with van der Waals surface area (Å²) in [5.41, 5.74) is 5.27. The first-order chi connectivity index (χ1) is 8.01. The summed E-state index contributed by atoms with van der Waals surface area (Å²) in [6.07, 6.45) is 0.766. The molecule has 0 heterocycles. The molecule has 6 nitrogen and oxygen atoms in total. The van der Waals surface area contributed by atoms with E-state index < -0.39 is 5.41 Å². The zero-order valence-corrected chi connectivity index (χ0v) is 9.96. The molecule has 0 aromatic carbocycles. The lowest BCUT2D eigenvalue weighted by Gasteiger charge is -2.33. The van der Waals surface area contributed by atoms with Gasteiger partial charge in [0.1, 0.15) is 5.41 Å². The molecule has 0 atom stereocenters. The maximum Gasteiger partial charge on any atom is 0.235 e. The molecule has 0 saturated carbocycles.